The summed E-state index contributed by atoms with van der Waals surface area (Å²) in [6.45, 7) is 0. The first kappa shape index (κ1) is 18.5. The number of alkyl halides is 3. The summed E-state index contributed by atoms with van der Waals surface area (Å²) in [5.41, 5.74) is -0.831. The Bertz CT molecular complexity index is 1130. The third-order valence-corrected chi connectivity index (χ3v) is 3.98. The summed E-state index contributed by atoms with van der Waals surface area (Å²) in [7, 11) is 1.51. The third kappa shape index (κ3) is 3.61. The van der Waals surface area contributed by atoms with Gasteiger partial charge in [-0.1, -0.05) is 6.07 Å². The predicted octanol–water partition coefficient (Wildman–Crippen LogP) is 3.21. The molecule has 8 nitrogen and oxygen atoms in total. The lowest BCUT2D eigenvalue weighted by Crippen LogP contribution is -2.14. The zero-order valence-corrected chi connectivity index (χ0v) is 14.9. The van der Waals surface area contributed by atoms with Gasteiger partial charge in [0.15, 0.2) is 17.3 Å². The van der Waals surface area contributed by atoms with Gasteiger partial charge in [0.25, 0.3) is 0 Å². The van der Waals surface area contributed by atoms with Crippen LogP contribution in [-0.2, 0) is 6.18 Å². The van der Waals surface area contributed by atoms with Gasteiger partial charge in [0, 0.05) is 12.4 Å². The number of methoxy groups -OCH3 is 1. The smallest absolute Gasteiger partial charge is 0.434 e. The van der Waals surface area contributed by atoms with Gasteiger partial charge in [0.1, 0.15) is 11.4 Å². The zero-order valence-electron chi connectivity index (χ0n) is 14.9. The monoisotopic (exact) mass is 399 g/mol. The Morgan fingerprint density at radius 1 is 1.00 bits per heavy atom. The molecular weight excluding hydrogens is 387 g/mol. The van der Waals surface area contributed by atoms with Crippen LogP contribution < -0.4 is 4.74 Å². The molecule has 0 spiro atoms. The summed E-state index contributed by atoms with van der Waals surface area (Å²) < 4.78 is 47.6. The second-order valence-electron chi connectivity index (χ2n) is 5.78. The van der Waals surface area contributed by atoms with Crippen molar-refractivity contribution >= 4 is 0 Å². The minimum Gasteiger partial charge on any atom is -0.497 e. The molecule has 0 aliphatic heterocycles. The van der Waals surface area contributed by atoms with E-state index in [1.165, 1.54) is 24.1 Å². The topological polar surface area (TPSA) is 91.5 Å². The average Bonchev–Trinajstić information content (AvgIpc) is 3.23. The molecule has 0 atom stereocenters. The fourth-order valence-corrected chi connectivity index (χ4v) is 2.63. The van der Waals surface area contributed by atoms with Gasteiger partial charge in [-0.3, -0.25) is 4.98 Å². The Kier molecular flexibility index (Phi) is 4.63. The Hall–Kier alpha value is -3.89. The number of rotatable bonds is 4. The van der Waals surface area contributed by atoms with Gasteiger partial charge >= 0.3 is 6.18 Å². The number of benzene rings is 1. The molecule has 4 rings (SSSR count). The molecule has 0 radical (unpaired) electrons. The van der Waals surface area contributed by atoms with E-state index in [-0.39, 0.29) is 22.9 Å². The van der Waals surface area contributed by atoms with Gasteiger partial charge in [-0.15, -0.1) is 5.10 Å². The lowest BCUT2D eigenvalue weighted by Gasteiger charge is -2.12. The van der Waals surface area contributed by atoms with Crippen LogP contribution in [0.5, 0.6) is 5.75 Å². The second-order valence-corrected chi connectivity index (χ2v) is 5.78. The Labute approximate surface area is 162 Å². The van der Waals surface area contributed by atoms with Crippen LogP contribution in [0.2, 0.25) is 0 Å². The van der Waals surface area contributed by atoms with Crippen molar-refractivity contribution in [3.63, 3.8) is 0 Å². The minimum absolute atomic E-state index is 0.143. The van der Waals surface area contributed by atoms with Crippen molar-refractivity contribution in [3.8, 4) is 34.3 Å². The quantitative estimate of drug-likeness (QED) is 0.520. The van der Waals surface area contributed by atoms with E-state index in [0.29, 0.717) is 11.4 Å². The van der Waals surface area contributed by atoms with Gasteiger partial charge in [0.2, 0.25) is 0 Å². The summed E-state index contributed by atoms with van der Waals surface area (Å²) in [6, 6.07) is 11.3. The number of halogens is 3. The van der Waals surface area contributed by atoms with Gasteiger partial charge in [-0.2, -0.15) is 17.9 Å². The molecule has 0 aliphatic rings. The Morgan fingerprint density at radius 3 is 2.45 bits per heavy atom. The second kappa shape index (κ2) is 7.26. The standard InChI is InChI=1S/C18H12F3N7O/c1-29-12-7-5-11(6-8-12)28-17(25-26-27-28)13-10-23-16(14-4-2-3-9-22-14)24-15(13)18(19,20)21/h2-10H,1H3. The molecule has 1 aromatic carbocycles. The number of aromatic nitrogens is 7. The van der Waals surface area contributed by atoms with E-state index in [1.54, 1.807) is 36.4 Å². The largest absolute Gasteiger partial charge is 0.497 e. The Balaban J connectivity index is 1.84. The van der Waals surface area contributed by atoms with E-state index < -0.39 is 11.9 Å². The molecule has 3 aromatic heterocycles. The van der Waals surface area contributed by atoms with Crippen molar-refractivity contribution in [2.75, 3.05) is 7.11 Å². The van der Waals surface area contributed by atoms with Crippen LogP contribution in [0, 0.1) is 0 Å². The van der Waals surface area contributed by atoms with Crippen LogP contribution in [0.25, 0.3) is 28.6 Å². The van der Waals surface area contributed by atoms with Gasteiger partial charge in [0.05, 0.1) is 18.4 Å². The summed E-state index contributed by atoms with van der Waals surface area (Å²) in [4.78, 5) is 11.7. The third-order valence-electron chi connectivity index (χ3n) is 3.98. The fraction of sp³-hybridized carbons (Fsp3) is 0.111. The van der Waals surface area contributed by atoms with Crippen LogP contribution >= 0.6 is 0 Å². The lowest BCUT2D eigenvalue weighted by atomic mass is 10.2. The molecule has 11 heteroatoms. The number of hydrogen-bond donors (Lipinski definition) is 0. The number of hydrogen-bond acceptors (Lipinski definition) is 7. The van der Waals surface area contributed by atoms with E-state index in [1.807, 2.05) is 0 Å². The lowest BCUT2D eigenvalue weighted by molar-refractivity contribution is -0.140. The van der Waals surface area contributed by atoms with Gasteiger partial charge < -0.3 is 4.74 Å². The maximum absolute atomic E-state index is 13.8. The van der Waals surface area contributed by atoms with E-state index in [9.17, 15) is 13.2 Å². The van der Waals surface area contributed by atoms with Crippen molar-refractivity contribution in [2.45, 2.75) is 6.18 Å². The molecule has 0 fully saturated rings. The highest BCUT2D eigenvalue weighted by Crippen LogP contribution is 2.36. The number of tetrazole rings is 1. The molecule has 0 aliphatic carbocycles. The SMILES string of the molecule is COc1ccc(-n2nnnc2-c2cnc(-c3ccccn3)nc2C(F)(F)F)cc1. The van der Waals surface area contributed by atoms with E-state index in [0.717, 1.165) is 6.20 Å². The van der Waals surface area contributed by atoms with Crippen molar-refractivity contribution in [1.82, 2.24) is 35.2 Å². The summed E-state index contributed by atoms with van der Waals surface area (Å²) in [5.74, 6) is 0.294. The van der Waals surface area contributed by atoms with Gasteiger partial charge in [-0.25, -0.2) is 9.97 Å². The minimum atomic E-state index is -4.75. The maximum atomic E-state index is 13.8. The van der Waals surface area contributed by atoms with Crippen molar-refractivity contribution in [3.05, 3.63) is 60.6 Å². The number of nitrogens with zero attached hydrogens (tertiary/aromatic N) is 7. The summed E-state index contributed by atoms with van der Waals surface area (Å²) >= 11 is 0. The molecule has 0 amide bonds. The van der Waals surface area contributed by atoms with E-state index in [4.69, 9.17) is 4.74 Å². The van der Waals surface area contributed by atoms with Crippen LogP contribution in [0.15, 0.2) is 54.9 Å². The molecule has 0 N–H and O–H groups in total. The summed E-state index contributed by atoms with van der Waals surface area (Å²) in [5, 5.41) is 11.1. The molecule has 29 heavy (non-hydrogen) atoms. The van der Waals surface area contributed by atoms with Crippen molar-refractivity contribution in [1.29, 1.82) is 0 Å². The fourth-order valence-electron chi connectivity index (χ4n) is 2.63. The van der Waals surface area contributed by atoms with Crippen molar-refractivity contribution in [2.24, 2.45) is 0 Å². The molecule has 0 bridgehead atoms. The van der Waals surface area contributed by atoms with Crippen molar-refractivity contribution < 1.29 is 17.9 Å². The normalized spacial score (nSPS) is 11.4. The predicted molar refractivity (Wildman–Crippen MR) is 95.0 cm³/mol. The molecule has 3 heterocycles. The highest BCUT2D eigenvalue weighted by Gasteiger charge is 2.38. The molecular formula is C18H12F3N7O. The molecule has 0 saturated carbocycles. The molecule has 0 unspecified atom stereocenters. The van der Waals surface area contributed by atoms with E-state index in [2.05, 4.69) is 30.5 Å². The molecule has 146 valence electrons. The van der Waals surface area contributed by atoms with Crippen LogP contribution in [0.4, 0.5) is 13.2 Å². The molecule has 4 aromatic rings. The Morgan fingerprint density at radius 2 is 1.79 bits per heavy atom. The zero-order chi connectivity index (χ0) is 20.4. The summed E-state index contributed by atoms with van der Waals surface area (Å²) in [6.07, 6.45) is -2.26. The number of ether oxygens (including phenoxy) is 1. The number of pyridine rings is 1. The first-order valence-corrected chi connectivity index (χ1v) is 8.26. The van der Waals surface area contributed by atoms with Crippen LogP contribution in [-0.4, -0.2) is 42.3 Å². The highest BCUT2D eigenvalue weighted by atomic mass is 19.4. The van der Waals surface area contributed by atoms with Crippen LogP contribution in [0.1, 0.15) is 5.69 Å². The van der Waals surface area contributed by atoms with Gasteiger partial charge in [-0.05, 0) is 46.8 Å². The average molecular weight is 399 g/mol. The van der Waals surface area contributed by atoms with E-state index >= 15 is 0 Å². The maximum Gasteiger partial charge on any atom is 0.434 e. The molecule has 0 saturated heterocycles. The highest BCUT2D eigenvalue weighted by molar-refractivity contribution is 5.62. The first-order valence-electron chi connectivity index (χ1n) is 8.26. The first-order chi connectivity index (χ1) is 14.0. The van der Waals surface area contributed by atoms with Crippen LogP contribution in [0.3, 0.4) is 0 Å².